The highest BCUT2D eigenvalue weighted by molar-refractivity contribution is 6.42. The summed E-state index contributed by atoms with van der Waals surface area (Å²) in [6, 6.07) is 2.55. The van der Waals surface area contributed by atoms with Crippen molar-refractivity contribution in [1.29, 1.82) is 0 Å². The van der Waals surface area contributed by atoms with E-state index in [0.717, 1.165) is 0 Å². The fraction of sp³-hybridized carbons (Fsp3) is 0.364. The highest BCUT2D eigenvalue weighted by atomic mass is 35.5. The largest absolute Gasteiger partial charge is 0.506 e. The molecule has 0 unspecified atom stereocenters. The van der Waals surface area contributed by atoms with E-state index in [1.807, 2.05) is 0 Å². The van der Waals surface area contributed by atoms with Crippen LogP contribution < -0.4 is 4.74 Å². The van der Waals surface area contributed by atoms with Crippen molar-refractivity contribution in [3.63, 3.8) is 0 Å². The van der Waals surface area contributed by atoms with E-state index in [9.17, 15) is 18.0 Å². The molecule has 1 aromatic rings. The molecule has 4 nitrogen and oxygen atoms in total. The number of carboxylic acid groups (broad SMARTS) is 1. The van der Waals surface area contributed by atoms with Gasteiger partial charge in [0.15, 0.2) is 6.10 Å². The van der Waals surface area contributed by atoms with E-state index in [2.05, 4.69) is 4.74 Å². The number of fused-ring (bicyclic) bond motifs is 1. The van der Waals surface area contributed by atoms with Gasteiger partial charge in [0.05, 0.1) is 10.0 Å². The maximum Gasteiger partial charge on any atom is 0.506 e. The van der Waals surface area contributed by atoms with Crippen molar-refractivity contribution >= 4 is 29.4 Å². The summed E-state index contributed by atoms with van der Waals surface area (Å²) >= 11 is 11.6. The molecule has 0 saturated carbocycles. The van der Waals surface area contributed by atoms with Crippen LogP contribution in [0.2, 0.25) is 10.0 Å². The van der Waals surface area contributed by atoms with Gasteiger partial charge in [-0.05, 0) is 12.1 Å². The fourth-order valence-corrected chi connectivity index (χ4v) is 2.32. The van der Waals surface area contributed by atoms with Gasteiger partial charge in [0, 0.05) is 12.0 Å². The number of hydrogen-bond acceptors (Lipinski definition) is 3. The second-order valence-electron chi connectivity index (χ2n) is 4.04. The van der Waals surface area contributed by atoms with Crippen molar-refractivity contribution in [2.24, 2.45) is 0 Å². The smallest absolute Gasteiger partial charge is 0.477 e. The minimum absolute atomic E-state index is 0.0174. The average Bonchev–Trinajstić information content (AvgIpc) is 2.32. The average molecular weight is 331 g/mol. The van der Waals surface area contributed by atoms with Crippen LogP contribution in [0, 0.1) is 0 Å². The van der Waals surface area contributed by atoms with E-state index in [1.54, 1.807) is 0 Å². The summed E-state index contributed by atoms with van der Waals surface area (Å²) in [5, 5.41) is 8.67. The Morgan fingerprint density at radius 3 is 2.60 bits per heavy atom. The van der Waals surface area contributed by atoms with E-state index in [1.165, 1.54) is 12.1 Å². The Balaban J connectivity index is 2.41. The molecule has 1 aromatic carbocycles. The SMILES string of the molecule is O=C(O)O[C@H]1Cc2c(ccc(Cl)c2Cl)O[C@H]1C(F)(F)F. The molecule has 1 aliphatic rings. The molecular weight excluding hydrogens is 324 g/mol. The van der Waals surface area contributed by atoms with Crippen LogP contribution in [0.4, 0.5) is 18.0 Å². The molecule has 0 radical (unpaired) electrons. The zero-order chi connectivity index (χ0) is 15.1. The minimum Gasteiger partial charge on any atom is -0.477 e. The molecule has 110 valence electrons. The lowest BCUT2D eigenvalue weighted by Crippen LogP contribution is -2.49. The first-order valence-electron chi connectivity index (χ1n) is 5.30. The number of rotatable bonds is 1. The highest BCUT2D eigenvalue weighted by Crippen LogP contribution is 2.41. The Hall–Kier alpha value is -1.34. The van der Waals surface area contributed by atoms with Gasteiger partial charge in [0.2, 0.25) is 6.10 Å². The van der Waals surface area contributed by atoms with Crippen molar-refractivity contribution in [2.75, 3.05) is 0 Å². The Labute approximate surface area is 121 Å². The van der Waals surface area contributed by atoms with Gasteiger partial charge in [0.25, 0.3) is 0 Å². The number of hydrogen-bond donors (Lipinski definition) is 1. The van der Waals surface area contributed by atoms with Crippen LogP contribution in [-0.2, 0) is 11.2 Å². The van der Waals surface area contributed by atoms with Crippen molar-refractivity contribution < 1.29 is 32.5 Å². The second-order valence-corrected chi connectivity index (χ2v) is 4.83. The molecule has 0 spiro atoms. The van der Waals surface area contributed by atoms with Crippen molar-refractivity contribution in [3.8, 4) is 5.75 Å². The van der Waals surface area contributed by atoms with Crippen molar-refractivity contribution in [2.45, 2.75) is 24.8 Å². The van der Waals surface area contributed by atoms with E-state index < -0.39 is 24.5 Å². The molecule has 2 rings (SSSR count). The molecule has 1 heterocycles. The first kappa shape index (κ1) is 15.1. The van der Waals surface area contributed by atoms with Crippen LogP contribution in [0.25, 0.3) is 0 Å². The van der Waals surface area contributed by atoms with Gasteiger partial charge < -0.3 is 14.6 Å². The van der Waals surface area contributed by atoms with E-state index >= 15 is 0 Å². The first-order chi connectivity index (χ1) is 9.20. The van der Waals surface area contributed by atoms with Crippen molar-refractivity contribution in [3.05, 3.63) is 27.7 Å². The predicted octanol–water partition coefficient (Wildman–Crippen LogP) is 3.92. The van der Waals surface area contributed by atoms with E-state index in [-0.39, 0.29) is 27.8 Å². The zero-order valence-corrected chi connectivity index (χ0v) is 11.1. The van der Waals surface area contributed by atoms with Crippen LogP contribution in [0.15, 0.2) is 12.1 Å². The van der Waals surface area contributed by atoms with Crippen LogP contribution in [0.5, 0.6) is 5.75 Å². The third-order valence-corrected chi connectivity index (χ3v) is 3.57. The number of alkyl halides is 3. The summed E-state index contributed by atoms with van der Waals surface area (Å²) in [5.74, 6) is -0.0908. The summed E-state index contributed by atoms with van der Waals surface area (Å²) in [6.07, 6.45) is -11.1. The predicted molar refractivity (Wildman–Crippen MR) is 63.5 cm³/mol. The van der Waals surface area contributed by atoms with Gasteiger partial charge in [0.1, 0.15) is 5.75 Å². The Morgan fingerprint density at radius 1 is 1.40 bits per heavy atom. The summed E-state index contributed by atoms with van der Waals surface area (Å²) < 4.78 is 47.6. The molecule has 0 fully saturated rings. The quantitative estimate of drug-likeness (QED) is 0.793. The number of benzene rings is 1. The molecule has 0 aromatic heterocycles. The van der Waals surface area contributed by atoms with Gasteiger partial charge in [-0.25, -0.2) is 4.79 Å². The molecule has 2 atom stereocenters. The minimum atomic E-state index is -4.77. The molecule has 0 aliphatic carbocycles. The number of halogens is 5. The first-order valence-corrected chi connectivity index (χ1v) is 6.05. The standard InChI is InChI=1S/C11H7Cl2F3O4/c12-5-1-2-6-4(8(5)13)3-7(20-10(17)18)9(19-6)11(14,15)16/h1-2,7,9H,3H2,(H,17,18)/t7-,9+/m0/s1. The van der Waals surface area contributed by atoms with Gasteiger partial charge in [-0.3, -0.25) is 0 Å². The molecular formula is C11H7Cl2F3O4. The molecule has 1 N–H and O–H groups in total. The lowest BCUT2D eigenvalue weighted by Gasteiger charge is -2.33. The molecule has 1 aliphatic heterocycles. The van der Waals surface area contributed by atoms with Gasteiger partial charge in [-0.15, -0.1) is 0 Å². The van der Waals surface area contributed by atoms with Crippen LogP contribution in [-0.4, -0.2) is 29.6 Å². The molecule has 0 saturated heterocycles. The summed E-state index contributed by atoms with van der Waals surface area (Å²) in [7, 11) is 0. The Morgan fingerprint density at radius 2 is 2.05 bits per heavy atom. The lowest BCUT2D eigenvalue weighted by molar-refractivity contribution is -0.225. The topological polar surface area (TPSA) is 55.8 Å². The molecule has 9 heteroatoms. The van der Waals surface area contributed by atoms with Gasteiger partial charge >= 0.3 is 12.3 Å². The van der Waals surface area contributed by atoms with Crippen LogP contribution in [0.1, 0.15) is 5.56 Å². The third-order valence-electron chi connectivity index (χ3n) is 2.72. The Kier molecular flexibility index (Phi) is 3.93. The Bertz CT molecular complexity index is 547. The monoisotopic (exact) mass is 330 g/mol. The fourth-order valence-electron chi connectivity index (χ4n) is 1.91. The molecule has 0 amide bonds. The van der Waals surface area contributed by atoms with Crippen LogP contribution >= 0.6 is 23.2 Å². The molecule has 20 heavy (non-hydrogen) atoms. The van der Waals surface area contributed by atoms with E-state index in [0.29, 0.717) is 0 Å². The highest BCUT2D eigenvalue weighted by Gasteiger charge is 2.51. The normalized spacial score (nSPS) is 21.9. The molecule has 0 bridgehead atoms. The third kappa shape index (κ3) is 2.88. The zero-order valence-electron chi connectivity index (χ0n) is 9.58. The van der Waals surface area contributed by atoms with Gasteiger partial charge in [-0.2, -0.15) is 13.2 Å². The van der Waals surface area contributed by atoms with Crippen LogP contribution in [0.3, 0.4) is 0 Å². The van der Waals surface area contributed by atoms with E-state index in [4.69, 9.17) is 33.0 Å². The number of carbonyl (C=O) groups is 1. The summed E-state index contributed by atoms with van der Waals surface area (Å²) in [5.41, 5.74) is 0.186. The van der Waals surface area contributed by atoms with Crippen molar-refractivity contribution in [1.82, 2.24) is 0 Å². The maximum absolute atomic E-state index is 12.9. The summed E-state index contributed by atoms with van der Waals surface area (Å²) in [4.78, 5) is 10.5. The lowest BCUT2D eigenvalue weighted by atomic mass is 9.98. The maximum atomic E-state index is 12.9. The summed E-state index contributed by atoms with van der Waals surface area (Å²) in [6.45, 7) is 0. The second kappa shape index (κ2) is 5.21. The number of ether oxygens (including phenoxy) is 2. The van der Waals surface area contributed by atoms with Gasteiger partial charge in [-0.1, -0.05) is 23.2 Å².